The van der Waals surface area contributed by atoms with Crippen LogP contribution in [0.5, 0.6) is 5.75 Å². The molecule has 0 saturated heterocycles. The second-order valence-electron chi connectivity index (χ2n) is 4.39. The summed E-state index contributed by atoms with van der Waals surface area (Å²) in [6, 6.07) is 16.2. The highest BCUT2D eigenvalue weighted by atomic mass is 16.5. The Bertz CT molecular complexity index is 681. The van der Waals surface area contributed by atoms with Gasteiger partial charge < -0.3 is 4.74 Å². The van der Waals surface area contributed by atoms with Gasteiger partial charge in [-0.05, 0) is 23.8 Å². The third kappa shape index (κ3) is 4.21. The van der Waals surface area contributed by atoms with Crippen LogP contribution in [0.1, 0.15) is 15.9 Å². The molecule has 0 aliphatic heterocycles. The molecule has 112 valence electrons. The van der Waals surface area contributed by atoms with Gasteiger partial charge in [-0.2, -0.15) is 0 Å². The molecule has 0 heterocycles. The Kier molecular flexibility index (Phi) is 5.31. The number of ether oxygens (including phenoxy) is 1. The SMILES string of the molecule is COc1ccccc1C(=O)NNC(=O)C=Cc1ccccc1. The lowest BCUT2D eigenvalue weighted by Gasteiger charge is -2.08. The molecule has 2 amide bonds. The van der Waals surface area contributed by atoms with Gasteiger partial charge in [0.15, 0.2) is 0 Å². The van der Waals surface area contributed by atoms with Crippen LogP contribution in [0.25, 0.3) is 6.08 Å². The van der Waals surface area contributed by atoms with Crippen LogP contribution in [-0.4, -0.2) is 18.9 Å². The summed E-state index contributed by atoms with van der Waals surface area (Å²) in [5, 5.41) is 0. The van der Waals surface area contributed by atoms with Crippen LogP contribution in [0.2, 0.25) is 0 Å². The lowest BCUT2D eigenvalue weighted by molar-refractivity contribution is -0.117. The molecule has 0 saturated carbocycles. The molecule has 0 radical (unpaired) electrons. The van der Waals surface area contributed by atoms with Crippen molar-refractivity contribution in [2.24, 2.45) is 0 Å². The van der Waals surface area contributed by atoms with Crippen LogP contribution in [0.15, 0.2) is 60.7 Å². The minimum Gasteiger partial charge on any atom is -0.496 e. The van der Waals surface area contributed by atoms with Crippen LogP contribution in [0.3, 0.4) is 0 Å². The number of benzene rings is 2. The van der Waals surface area contributed by atoms with Crippen molar-refractivity contribution in [3.8, 4) is 5.75 Å². The van der Waals surface area contributed by atoms with E-state index in [0.717, 1.165) is 5.56 Å². The lowest BCUT2D eigenvalue weighted by Crippen LogP contribution is -2.40. The second kappa shape index (κ2) is 7.64. The summed E-state index contributed by atoms with van der Waals surface area (Å²) < 4.78 is 5.09. The molecule has 2 aromatic rings. The van der Waals surface area contributed by atoms with Crippen molar-refractivity contribution >= 4 is 17.9 Å². The predicted molar refractivity (Wildman–Crippen MR) is 84.1 cm³/mol. The van der Waals surface area contributed by atoms with Crippen molar-refractivity contribution in [1.29, 1.82) is 0 Å². The molecule has 5 heteroatoms. The van der Waals surface area contributed by atoms with Gasteiger partial charge in [0.1, 0.15) is 5.75 Å². The van der Waals surface area contributed by atoms with Crippen molar-refractivity contribution in [2.75, 3.05) is 7.11 Å². The van der Waals surface area contributed by atoms with E-state index in [2.05, 4.69) is 10.9 Å². The number of carbonyl (C=O) groups excluding carboxylic acids is 2. The standard InChI is InChI=1S/C17H16N2O3/c1-22-15-10-6-5-9-14(15)17(21)19-18-16(20)12-11-13-7-3-2-4-8-13/h2-12H,1H3,(H,18,20)(H,19,21). The summed E-state index contributed by atoms with van der Waals surface area (Å²) in [7, 11) is 1.48. The van der Waals surface area contributed by atoms with Gasteiger partial charge in [-0.15, -0.1) is 0 Å². The Hall–Kier alpha value is -3.08. The fraction of sp³-hybridized carbons (Fsp3) is 0.0588. The average Bonchev–Trinajstić information content (AvgIpc) is 2.58. The maximum atomic E-state index is 12.0. The Morgan fingerprint density at radius 1 is 0.955 bits per heavy atom. The zero-order valence-corrected chi connectivity index (χ0v) is 12.1. The lowest BCUT2D eigenvalue weighted by atomic mass is 10.2. The largest absolute Gasteiger partial charge is 0.496 e. The van der Waals surface area contributed by atoms with Crippen molar-refractivity contribution in [3.05, 3.63) is 71.8 Å². The highest BCUT2D eigenvalue weighted by Crippen LogP contribution is 2.16. The van der Waals surface area contributed by atoms with Crippen molar-refractivity contribution in [1.82, 2.24) is 10.9 Å². The van der Waals surface area contributed by atoms with Gasteiger partial charge in [-0.3, -0.25) is 20.4 Å². The predicted octanol–water partition coefficient (Wildman–Crippen LogP) is 2.17. The van der Waals surface area contributed by atoms with E-state index in [4.69, 9.17) is 4.74 Å². The molecule has 0 atom stereocenters. The van der Waals surface area contributed by atoms with E-state index in [0.29, 0.717) is 11.3 Å². The number of methoxy groups -OCH3 is 1. The molecule has 0 aromatic heterocycles. The molecule has 2 aromatic carbocycles. The van der Waals surface area contributed by atoms with E-state index < -0.39 is 11.8 Å². The van der Waals surface area contributed by atoms with Crippen LogP contribution in [0.4, 0.5) is 0 Å². The van der Waals surface area contributed by atoms with Gasteiger partial charge in [-0.1, -0.05) is 42.5 Å². The van der Waals surface area contributed by atoms with Gasteiger partial charge in [-0.25, -0.2) is 0 Å². The molecule has 0 unspecified atom stereocenters. The molecule has 0 fully saturated rings. The van der Waals surface area contributed by atoms with E-state index in [-0.39, 0.29) is 0 Å². The van der Waals surface area contributed by atoms with Gasteiger partial charge in [0.25, 0.3) is 11.8 Å². The first kappa shape index (κ1) is 15.3. The summed E-state index contributed by atoms with van der Waals surface area (Å²) in [5.41, 5.74) is 5.90. The van der Waals surface area contributed by atoms with Crippen molar-refractivity contribution in [3.63, 3.8) is 0 Å². The number of rotatable bonds is 4. The number of hydrogen-bond donors (Lipinski definition) is 2. The molecule has 0 aliphatic carbocycles. The first-order valence-electron chi connectivity index (χ1n) is 6.67. The maximum Gasteiger partial charge on any atom is 0.273 e. The number of hydrazine groups is 1. The van der Waals surface area contributed by atoms with Gasteiger partial charge >= 0.3 is 0 Å². The topological polar surface area (TPSA) is 67.4 Å². The van der Waals surface area contributed by atoms with E-state index >= 15 is 0 Å². The Labute approximate surface area is 128 Å². The zero-order chi connectivity index (χ0) is 15.8. The highest BCUT2D eigenvalue weighted by Gasteiger charge is 2.11. The monoisotopic (exact) mass is 296 g/mol. The van der Waals surface area contributed by atoms with Crippen LogP contribution in [-0.2, 0) is 4.79 Å². The molecule has 5 nitrogen and oxygen atoms in total. The third-order valence-corrected chi connectivity index (χ3v) is 2.88. The molecular weight excluding hydrogens is 280 g/mol. The Morgan fingerprint density at radius 2 is 1.64 bits per heavy atom. The Balaban J connectivity index is 1.91. The quantitative estimate of drug-likeness (QED) is 0.671. The molecule has 0 bridgehead atoms. The van der Waals surface area contributed by atoms with Crippen molar-refractivity contribution < 1.29 is 14.3 Å². The van der Waals surface area contributed by atoms with Crippen LogP contribution >= 0.6 is 0 Å². The zero-order valence-electron chi connectivity index (χ0n) is 12.1. The van der Waals surface area contributed by atoms with E-state index in [9.17, 15) is 9.59 Å². The number of amides is 2. The normalized spacial score (nSPS) is 10.2. The Morgan fingerprint density at radius 3 is 2.36 bits per heavy atom. The summed E-state index contributed by atoms with van der Waals surface area (Å²) in [6.07, 6.45) is 3.00. The summed E-state index contributed by atoms with van der Waals surface area (Å²) in [4.78, 5) is 23.6. The molecule has 22 heavy (non-hydrogen) atoms. The summed E-state index contributed by atoms with van der Waals surface area (Å²) in [5.74, 6) is -0.430. The average molecular weight is 296 g/mol. The number of para-hydroxylation sites is 1. The van der Waals surface area contributed by atoms with Gasteiger partial charge in [0, 0.05) is 6.08 Å². The van der Waals surface area contributed by atoms with Crippen LogP contribution in [0, 0.1) is 0 Å². The highest BCUT2D eigenvalue weighted by molar-refractivity contribution is 5.99. The summed E-state index contributed by atoms with van der Waals surface area (Å²) in [6.45, 7) is 0. The van der Waals surface area contributed by atoms with Gasteiger partial charge in [0.2, 0.25) is 0 Å². The molecule has 2 rings (SSSR count). The second-order valence-corrected chi connectivity index (χ2v) is 4.39. The number of hydrogen-bond acceptors (Lipinski definition) is 3. The van der Waals surface area contributed by atoms with Gasteiger partial charge in [0.05, 0.1) is 12.7 Å². The van der Waals surface area contributed by atoms with E-state index in [1.54, 1.807) is 30.3 Å². The molecular formula is C17H16N2O3. The van der Waals surface area contributed by atoms with E-state index in [1.165, 1.54) is 13.2 Å². The molecule has 0 spiro atoms. The minimum atomic E-state index is -0.445. The fourth-order valence-corrected chi connectivity index (χ4v) is 1.80. The van der Waals surface area contributed by atoms with Crippen molar-refractivity contribution in [2.45, 2.75) is 0 Å². The summed E-state index contributed by atoms with van der Waals surface area (Å²) >= 11 is 0. The fourth-order valence-electron chi connectivity index (χ4n) is 1.80. The third-order valence-electron chi connectivity index (χ3n) is 2.88. The number of nitrogens with one attached hydrogen (secondary N) is 2. The van der Waals surface area contributed by atoms with E-state index in [1.807, 2.05) is 30.3 Å². The number of carbonyl (C=O) groups is 2. The maximum absolute atomic E-state index is 12.0. The molecule has 0 aliphatic rings. The molecule has 2 N–H and O–H groups in total. The first-order chi connectivity index (χ1) is 10.7. The smallest absolute Gasteiger partial charge is 0.273 e. The minimum absolute atomic E-state index is 0.345. The first-order valence-corrected chi connectivity index (χ1v) is 6.67. The van der Waals surface area contributed by atoms with Crippen LogP contribution < -0.4 is 15.6 Å².